The van der Waals surface area contributed by atoms with Gasteiger partial charge in [0.05, 0.1) is 11.3 Å². The smallest absolute Gasteiger partial charge is 0.326 e. The van der Waals surface area contributed by atoms with E-state index in [2.05, 4.69) is 5.32 Å². The Kier molecular flexibility index (Phi) is 6.08. The minimum atomic E-state index is -1.15. The SMILES string of the molecule is O=C(Cc1ccc([N+](=O)[O-])cc1)N[C@H](Cc1ccc(Cl)cc1)C(=O)O. The lowest BCUT2D eigenvalue weighted by atomic mass is 10.1. The molecule has 0 unspecified atom stereocenters. The van der Waals surface area contributed by atoms with Gasteiger partial charge in [-0.15, -0.1) is 0 Å². The van der Waals surface area contributed by atoms with E-state index >= 15 is 0 Å². The van der Waals surface area contributed by atoms with Crippen molar-refractivity contribution in [1.82, 2.24) is 5.32 Å². The zero-order chi connectivity index (χ0) is 18.4. The Hall–Kier alpha value is -2.93. The molecule has 0 bridgehead atoms. The molecule has 0 fully saturated rings. The minimum absolute atomic E-state index is 0.0671. The maximum absolute atomic E-state index is 12.1. The van der Waals surface area contributed by atoms with Crippen LogP contribution in [0.15, 0.2) is 48.5 Å². The van der Waals surface area contributed by atoms with Crippen LogP contribution in [-0.4, -0.2) is 27.9 Å². The van der Waals surface area contributed by atoms with Crippen molar-refractivity contribution >= 4 is 29.2 Å². The average molecular weight is 363 g/mol. The van der Waals surface area contributed by atoms with E-state index in [9.17, 15) is 24.8 Å². The van der Waals surface area contributed by atoms with Crippen molar-refractivity contribution in [3.8, 4) is 0 Å². The van der Waals surface area contributed by atoms with Crippen molar-refractivity contribution in [3.05, 3.63) is 74.8 Å². The third-order valence-corrected chi connectivity index (χ3v) is 3.75. The molecule has 0 saturated carbocycles. The van der Waals surface area contributed by atoms with Crippen LogP contribution in [0, 0.1) is 10.1 Å². The van der Waals surface area contributed by atoms with Crippen LogP contribution in [-0.2, 0) is 22.4 Å². The first-order chi connectivity index (χ1) is 11.8. The zero-order valence-corrected chi connectivity index (χ0v) is 13.8. The number of nitro benzene ring substituents is 1. The van der Waals surface area contributed by atoms with Crippen LogP contribution in [0.3, 0.4) is 0 Å². The van der Waals surface area contributed by atoms with E-state index in [1.807, 2.05) is 0 Å². The summed E-state index contributed by atoms with van der Waals surface area (Å²) in [5.41, 5.74) is 1.21. The monoisotopic (exact) mass is 362 g/mol. The van der Waals surface area contributed by atoms with Gasteiger partial charge < -0.3 is 10.4 Å². The number of nitro groups is 1. The van der Waals surface area contributed by atoms with Gasteiger partial charge in [0.1, 0.15) is 6.04 Å². The standard InChI is InChI=1S/C17H15ClN2O5/c18-13-5-1-11(2-6-13)9-15(17(22)23)19-16(21)10-12-3-7-14(8-4-12)20(24)25/h1-8,15H,9-10H2,(H,19,21)(H,22,23)/t15-/m1/s1. The van der Waals surface area contributed by atoms with Crippen molar-refractivity contribution in [2.45, 2.75) is 18.9 Å². The van der Waals surface area contributed by atoms with Crippen LogP contribution in [0.4, 0.5) is 5.69 Å². The predicted molar refractivity (Wildman–Crippen MR) is 91.5 cm³/mol. The molecule has 0 aliphatic carbocycles. The summed E-state index contributed by atoms with van der Waals surface area (Å²) in [6, 6.07) is 11.1. The normalized spacial score (nSPS) is 11.6. The van der Waals surface area contributed by atoms with E-state index in [1.165, 1.54) is 24.3 Å². The van der Waals surface area contributed by atoms with Gasteiger partial charge in [-0.3, -0.25) is 14.9 Å². The van der Waals surface area contributed by atoms with E-state index in [4.69, 9.17) is 11.6 Å². The number of nitrogens with one attached hydrogen (secondary N) is 1. The van der Waals surface area contributed by atoms with Crippen LogP contribution in [0.5, 0.6) is 0 Å². The van der Waals surface area contributed by atoms with Crippen molar-refractivity contribution in [2.24, 2.45) is 0 Å². The minimum Gasteiger partial charge on any atom is -0.480 e. The number of benzene rings is 2. The Labute approximate surface area is 148 Å². The molecular formula is C17H15ClN2O5. The van der Waals surface area contributed by atoms with Gasteiger partial charge in [0.15, 0.2) is 0 Å². The summed E-state index contributed by atoms with van der Waals surface area (Å²) in [6.45, 7) is 0. The average Bonchev–Trinajstić information content (AvgIpc) is 2.56. The molecule has 0 aromatic heterocycles. The summed E-state index contributed by atoms with van der Waals surface area (Å²) in [5, 5.41) is 22.9. The number of carbonyl (C=O) groups is 2. The second kappa shape index (κ2) is 8.25. The second-order valence-corrected chi connectivity index (χ2v) is 5.83. The van der Waals surface area contributed by atoms with Crippen molar-refractivity contribution < 1.29 is 19.6 Å². The maximum atomic E-state index is 12.1. The van der Waals surface area contributed by atoms with Crippen LogP contribution >= 0.6 is 11.6 Å². The zero-order valence-electron chi connectivity index (χ0n) is 13.0. The number of carboxylic acid groups (broad SMARTS) is 1. The summed E-state index contributed by atoms with van der Waals surface area (Å²) in [7, 11) is 0. The highest BCUT2D eigenvalue weighted by Crippen LogP contribution is 2.13. The van der Waals surface area contributed by atoms with Crippen LogP contribution in [0.25, 0.3) is 0 Å². The summed E-state index contributed by atoms with van der Waals surface area (Å²) < 4.78 is 0. The fourth-order valence-electron chi connectivity index (χ4n) is 2.22. The fourth-order valence-corrected chi connectivity index (χ4v) is 2.35. The second-order valence-electron chi connectivity index (χ2n) is 5.39. The summed E-state index contributed by atoms with van der Waals surface area (Å²) in [4.78, 5) is 33.5. The topological polar surface area (TPSA) is 110 Å². The number of hydrogen-bond acceptors (Lipinski definition) is 4. The molecule has 1 amide bonds. The molecule has 0 saturated heterocycles. The third-order valence-electron chi connectivity index (χ3n) is 3.50. The molecule has 8 heteroatoms. The molecule has 0 heterocycles. The molecule has 0 radical (unpaired) electrons. The van der Waals surface area contributed by atoms with Gasteiger partial charge in [0.2, 0.25) is 5.91 Å². The lowest BCUT2D eigenvalue weighted by Crippen LogP contribution is -2.43. The molecule has 2 rings (SSSR count). The number of aliphatic carboxylic acids is 1. The molecule has 2 aromatic carbocycles. The molecule has 130 valence electrons. The summed E-state index contributed by atoms with van der Waals surface area (Å²) in [6.07, 6.45) is 0.0564. The van der Waals surface area contributed by atoms with E-state index in [1.54, 1.807) is 24.3 Å². The predicted octanol–water partition coefficient (Wildman–Crippen LogP) is 2.60. The fraction of sp³-hybridized carbons (Fsp3) is 0.176. The Morgan fingerprint density at radius 2 is 1.64 bits per heavy atom. The number of carbonyl (C=O) groups excluding carboxylic acids is 1. The van der Waals surface area contributed by atoms with Gasteiger partial charge in [-0.05, 0) is 23.3 Å². The molecular weight excluding hydrogens is 348 g/mol. The third kappa shape index (κ3) is 5.58. The van der Waals surface area contributed by atoms with E-state index in [0.29, 0.717) is 10.6 Å². The molecule has 2 N–H and O–H groups in total. The molecule has 0 aliphatic heterocycles. The highest BCUT2D eigenvalue weighted by molar-refractivity contribution is 6.30. The molecule has 1 atom stereocenters. The first-order valence-electron chi connectivity index (χ1n) is 7.35. The largest absolute Gasteiger partial charge is 0.480 e. The van der Waals surface area contributed by atoms with Gasteiger partial charge in [0.25, 0.3) is 5.69 Å². The lowest BCUT2D eigenvalue weighted by Gasteiger charge is -2.15. The van der Waals surface area contributed by atoms with Gasteiger partial charge in [-0.2, -0.15) is 0 Å². The van der Waals surface area contributed by atoms with E-state index in [-0.39, 0.29) is 18.5 Å². The quantitative estimate of drug-likeness (QED) is 0.581. The Morgan fingerprint density at radius 1 is 1.08 bits per heavy atom. The molecule has 0 spiro atoms. The summed E-state index contributed by atoms with van der Waals surface area (Å²) in [5.74, 6) is -1.62. The number of carboxylic acids is 1. The lowest BCUT2D eigenvalue weighted by molar-refractivity contribution is -0.384. The highest BCUT2D eigenvalue weighted by atomic mass is 35.5. The number of hydrogen-bond donors (Lipinski definition) is 2. The van der Waals surface area contributed by atoms with E-state index < -0.39 is 22.8 Å². The first-order valence-corrected chi connectivity index (χ1v) is 7.73. The summed E-state index contributed by atoms with van der Waals surface area (Å²) >= 11 is 5.79. The molecule has 2 aromatic rings. The maximum Gasteiger partial charge on any atom is 0.326 e. The number of rotatable bonds is 7. The highest BCUT2D eigenvalue weighted by Gasteiger charge is 2.20. The van der Waals surface area contributed by atoms with Crippen molar-refractivity contribution in [1.29, 1.82) is 0 Å². The van der Waals surface area contributed by atoms with Crippen molar-refractivity contribution in [3.63, 3.8) is 0 Å². The number of nitrogens with zero attached hydrogens (tertiary/aromatic N) is 1. The Balaban J connectivity index is 1.98. The number of amides is 1. The van der Waals surface area contributed by atoms with Crippen LogP contribution in [0.2, 0.25) is 5.02 Å². The van der Waals surface area contributed by atoms with Crippen LogP contribution in [0.1, 0.15) is 11.1 Å². The Bertz CT molecular complexity index is 775. The molecule has 25 heavy (non-hydrogen) atoms. The van der Waals surface area contributed by atoms with Crippen molar-refractivity contribution in [2.75, 3.05) is 0 Å². The number of halogens is 1. The van der Waals surface area contributed by atoms with Gasteiger partial charge in [0, 0.05) is 23.6 Å². The molecule has 0 aliphatic rings. The van der Waals surface area contributed by atoms with E-state index in [0.717, 1.165) is 5.56 Å². The van der Waals surface area contributed by atoms with Gasteiger partial charge in [-0.1, -0.05) is 35.9 Å². The van der Waals surface area contributed by atoms with Gasteiger partial charge >= 0.3 is 5.97 Å². The molecule has 7 nitrogen and oxygen atoms in total. The first kappa shape index (κ1) is 18.4. The van der Waals surface area contributed by atoms with Crippen LogP contribution < -0.4 is 5.32 Å². The number of non-ortho nitro benzene ring substituents is 1. The Morgan fingerprint density at radius 3 is 2.16 bits per heavy atom. The van der Waals surface area contributed by atoms with Gasteiger partial charge in [-0.25, -0.2) is 4.79 Å².